The van der Waals surface area contributed by atoms with Gasteiger partial charge < -0.3 is 14.6 Å². The molecule has 0 aliphatic carbocycles. The molecule has 55 heavy (non-hydrogen) atoms. The van der Waals surface area contributed by atoms with Crippen molar-refractivity contribution in [3.63, 3.8) is 0 Å². The predicted molar refractivity (Wildman–Crippen MR) is 227 cm³/mol. The normalized spacial score (nSPS) is 13.1. The highest BCUT2D eigenvalue weighted by Gasteiger charge is 2.19. The minimum absolute atomic E-state index is 0.316. The first-order chi connectivity index (χ1) is 26.9. The quantitative estimate of drug-likeness (QED) is 0.0413. The Morgan fingerprint density at radius 1 is 0.709 bits per heavy atom. The summed E-state index contributed by atoms with van der Waals surface area (Å²) in [5.41, 5.74) is 8.43. The van der Waals surface area contributed by atoms with Crippen molar-refractivity contribution in [1.29, 1.82) is 0 Å². The molecule has 286 valence electrons. The van der Waals surface area contributed by atoms with E-state index in [1.807, 2.05) is 56.6 Å². The summed E-state index contributed by atoms with van der Waals surface area (Å²) in [5.74, 6) is -0.638. The zero-order chi connectivity index (χ0) is 38.8. The third-order valence-electron chi connectivity index (χ3n) is 9.66. The van der Waals surface area contributed by atoms with Crippen LogP contribution in [0.3, 0.4) is 0 Å². The largest absolute Gasteiger partial charge is 0.335 e. The van der Waals surface area contributed by atoms with Crippen LogP contribution in [0.1, 0.15) is 115 Å². The van der Waals surface area contributed by atoms with Crippen molar-refractivity contribution >= 4 is 57.4 Å². The van der Waals surface area contributed by atoms with Crippen LogP contribution in [-0.2, 0) is 25.7 Å². The number of benzene rings is 4. The number of carbonyl (C=O) groups excluding carboxylic acids is 2. The first-order valence-electron chi connectivity index (χ1n) is 19.7. The molecule has 0 radical (unpaired) electrons. The zero-order valence-electron chi connectivity index (χ0n) is 32.8. The Hall–Kier alpha value is -5.63. The second-order valence-electron chi connectivity index (χ2n) is 14.0. The Bertz CT molecular complexity index is 2060. The number of oxime groups is 2. The summed E-state index contributed by atoms with van der Waals surface area (Å²) in [4.78, 5) is 41.9. The van der Waals surface area contributed by atoms with Crippen LogP contribution in [0.2, 0.25) is 0 Å². The molecule has 0 saturated carbocycles. The lowest BCUT2D eigenvalue weighted by molar-refractivity contribution is -0.144. The van der Waals surface area contributed by atoms with E-state index in [1.54, 1.807) is 0 Å². The Morgan fingerprint density at radius 3 is 2.11 bits per heavy atom. The van der Waals surface area contributed by atoms with E-state index in [4.69, 9.17) is 9.68 Å². The summed E-state index contributed by atoms with van der Waals surface area (Å²) < 4.78 is 0. The van der Waals surface area contributed by atoms with Gasteiger partial charge in [0.2, 0.25) is 0 Å². The standard InChI is InChI=1S/C47H54N4O4/c1-5-7-9-24-46(52)54-49-35(3)39-26-28-42(29-27-39)51(43-22-16-19-37(31-43)18-15-20-38-17-13-14-30-48-34-38)45-33-41(32-40-21-11-12-23-44(40)45)36(4)50-55-47(53)25-10-8-6-2/h11-14,16,19,21-23,26-34H,5-10,15,17-18,20,24-25H2,1-4H3/b49-35-,50-36-. The van der Waals surface area contributed by atoms with Gasteiger partial charge in [-0.2, -0.15) is 0 Å². The van der Waals surface area contributed by atoms with Crippen LogP contribution in [0.4, 0.5) is 17.1 Å². The van der Waals surface area contributed by atoms with Crippen LogP contribution >= 0.6 is 0 Å². The van der Waals surface area contributed by atoms with Gasteiger partial charge in [-0.25, -0.2) is 9.59 Å². The van der Waals surface area contributed by atoms with Gasteiger partial charge in [-0.15, -0.1) is 0 Å². The van der Waals surface area contributed by atoms with E-state index >= 15 is 0 Å². The average molecular weight is 739 g/mol. The third kappa shape index (κ3) is 12.2. The second kappa shape index (κ2) is 21.3. The van der Waals surface area contributed by atoms with Crippen molar-refractivity contribution in [2.75, 3.05) is 4.90 Å². The molecule has 1 heterocycles. The number of nitrogens with zero attached hydrogens (tertiary/aromatic N) is 4. The summed E-state index contributed by atoms with van der Waals surface area (Å²) >= 11 is 0. The maximum absolute atomic E-state index is 12.4. The van der Waals surface area contributed by atoms with Crippen molar-refractivity contribution < 1.29 is 19.3 Å². The number of fused-ring (bicyclic) bond motifs is 1. The van der Waals surface area contributed by atoms with Gasteiger partial charge in [-0.05, 0) is 117 Å². The fourth-order valence-electron chi connectivity index (χ4n) is 6.51. The fraction of sp³-hybridized carbons (Fsp3) is 0.340. The Kier molecular flexibility index (Phi) is 15.7. The highest BCUT2D eigenvalue weighted by atomic mass is 16.7. The molecular formula is C47H54N4O4. The number of anilines is 3. The predicted octanol–water partition coefficient (Wildman–Crippen LogP) is 12.2. The van der Waals surface area contributed by atoms with E-state index < -0.39 is 0 Å². The summed E-state index contributed by atoms with van der Waals surface area (Å²) in [7, 11) is 0. The molecule has 0 atom stereocenters. The maximum atomic E-state index is 12.4. The summed E-state index contributed by atoms with van der Waals surface area (Å²) in [6, 6.07) is 29.3. The fourth-order valence-corrected chi connectivity index (χ4v) is 6.51. The molecular weight excluding hydrogens is 685 g/mol. The molecule has 0 saturated heterocycles. The number of hydrogen-bond acceptors (Lipinski definition) is 8. The molecule has 0 fully saturated rings. The SMILES string of the molecule is CCCCCC(=O)O/N=C(/C)c1ccc(N(c2cccc(CCCC3=CN=CC=CC3)c2)c2cc(/C(C)=N\OC(=O)CCCCC)cc3ccccc23)cc1. The molecule has 1 aliphatic rings. The van der Waals surface area contributed by atoms with Crippen LogP contribution in [0.25, 0.3) is 10.8 Å². The minimum Gasteiger partial charge on any atom is -0.318 e. The monoisotopic (exact) mass is 738 g/mol. The molecule has 0 spiro atoms. The van der Waals surface area contributed by atoms with Gasteiger partial charge in [0.25, 0.3) is 0 Å². The smallest absolute Gasteiger partial charge is 0.318 e. The lowest BCUT2D eigenvalue weighted by Gasteiger charge is -2.28. The van der Waals surface area contributed by atoms with Gasteiger partial charge >= 0.3 is 11.9 Å². The van der Waals surface area contributed by atoms with Crippen LogP contribution in [-0.4, -0.2) is 29.6 Å². The van der Waals surface area contributed by atoms with Gasteiger partial charge in [0.15, 0.2) is 0 Å². The zero-order valence-corrected chi connectivity index (χ0v) is 32.8. The van der Waals surface area contributed by atoms with Crippen LogP contribution in [0.5, 0.6) is 0 Å². The summed E-state index contributed by atoms with van der Waals surface area (Å²) in [5, 5.41) is 10.5. The molecule has 0 N–H and O–H groups in total. The van der Waals surface area contributed by atoms with Crippen LogP contribution in [0, 0.1) is 0 Å². The number of carbonyl (C=O) groups is 2. The molecule has 8 nitrogen and oxygen atoms in total. The molecule has 0 aromatic heterocycles. The van der Waals surface area contributed by atoms with Crippen molar-refractivity contribution in [2.24, 2.45) is 15.3 Å². The molecule has 1 aliphatic heterocycles. The van der Waals surface area contributed by atoms with Crippen molar-refractivity contribution in [3.05, 3.63) is 126 Å². The number of aliphatic imine (C=N–C) groups is 1. The number of hydrogen-bond donors (Lipinski definition) is 0. The van der Waals surface area contributed by atoms with E-state index in [-0.39, 0.29) is 11.9 Å². The first-order valence-corrected chi connectivity index (χ1v) is 19.7. The van der Waals surface area contributed by atoms with Gasteiger partial charge in [0, 0.05) is 47.6 Å². The number of aryl methyl sites for hydroxylation is 1. The topological polar surface area (TPSA) is 92.9 Å². The molecule has 0 bridgehead atoms. The van der Waals surface area contributed by atoms with Gasteiger partial charge in [-0.1, -0.05) is 104 Å². The second-order valence-corrected chi connectivity index (χ2v) is 14.0. The number of rotatable bonds is 19. The first kappa shape index (κ1) is 40.6. The lowest BCUT2D eigenvalue weighted by Crippen LogP contribution is -2.12. The van der Waals surface area contributed by atoms with Gasteiger partial charge in [-0.3, -0.25) is 4.99 Å². The van der Waals surface area contributed by atoms with E-state index in [0.29, 0.717) is 24.3 Å². The molecule has 0 amide bonds. The van der Waals surface area contributed by atoms with Crippen molar-refractivity contribution in [2.45, 2.75) is 105 Å². The van der Waals surface area contributed by atoms with Crippen LogP contribution < -0.4 is 4.90 Å². The molecule has 0 unspecified atom stereocenters. The van der Waals surface area contributed by atoms with E-state index in [9.17, 15) is 9.59 Å². The van der Waals surface area contributed by atoms with Crippen LogP contribution in [0.15, 0.2) is 124 Å². The van der Waals surface area contributed by atoms with E-state index in [0.717, 1.165) is 103 Å². The van der Waals surface area contributed by atoms with E-state index in [1.165, 1.54) is 11.1 Å². The molecule has 4 aromatic carbocycles. The summed E-state index contributed by atoms with van der Waals surface area (Å²) in [6.45, 7) is 7.93. The maximum Gasteiger partial charge on any atom is 0.335 e. The Labute approximate surface area is 326 Å². The average Bonchev–Trinajstić information content (AvgIpc) is 3.48. The summed E-state index contributed by atoms with van der Waals surface area (Å²) in [6.07, 6.45) is 18.2. The van der Waals surface area contributed by atoms with E-state index in [2.05, 4.69) is 101 Å². The Morgan fingerprint density at radius 2 is 1.40 bits per heavy atom. The minimum atomic E-state index is -0.322. The number of allylic oxidation sites excluding steroid dienone is 3. The highest BCUT2D eigenvalue weighted by molar-refractivity contribution is 6.08. The molecule has 4 aromatic rings. The third-order valence-corrected chi connectivity index (χ3v) is 9.66. The lowest BCUT2D eigenvalue weighted by atomic mass is 9.99. The molecule has 8 heteroatoms. The van der Waals surface area contributed by atoms with Crippen molar-refractivity contribution in [3.8, 4) is 0 Å². The highest BCUT2D eigenvalue weighted by Crippen LogP contribution is 2.40. The van der Waals surface area contributed by atoms with Gasteiger partial charge in [0.1, 0.15) is 0 Å². The Balaban J connectivity index is 1.50. The number of unbranched alkanes of at least 4 members (excludes halogenated alkanes) is 4. The van der Waals surface area contributed by atoms with Gasteiger partial charge in [0.05, 0.1) is 17.1 Å². The van der Waals surface area contributed by atoms with Crippen molar-refractivity contribution in [1.82, 2.24) is 0 Å². The molecule has 5 rings (SSSR count).